The second-order valence-electron chi connectivity index (χ2n) is 4.76. The van der Waals surface area contributed by atoms with Gasteiger partial charge in [0.05, 0.1) is 11.7 Å². The summed E-state index contributed by atoms with van der Waals surface area (Å²) in [5.41, 5.74) is 0.680. The van der Waals surface area contributed by atoms with Crippen LogP contribution in [-0.2, 0) is 4.74 Å². The number of ether oxygens (including phenoxy) is 1. The van der Waals surface area contributed by atoms with Gasteiger partial charge in [0.1, 0.15) is 18.3 Å². The third kappa shape index (κ3) is 2.91. The molecule has 1 heterocycles. The lowest BCUT2D eigenvalue weighted by atomic mass is 9.99. The van der Waals surface area contributed by atoms with E-state index in [0.717, 1.165) is 0 Å². The Labute approximate surface area is 115 Å². The fourth-order valence-corrected chi connectivity index (χ4v) is 2.04. The van der Waals surface area contributed by atoms with Gasteiger partial charge in [-0.15, -0.1) is 0 Å². The van der Waals surface area contributed by atoms with E-state index >= 15 is 0 Å². The summed E-state index contributed by atoms with van der Waals surface area (Å²) in [6.07, 6.45) is -5.28. The minimum absolute atomic E-state index is 0.143. The largest absolute Gasteiger partial charge is 0.478 e. The topological polar surface area (TPSA) is 119 Å². The van der Waals surface area contributed by atoms with Crippen LogP contribution < -0.4 is 5.32 Å². The van der Waals surface area contributed by atoms with Crippen molar-refractivity contribution in [2.45, 2.75) is 37.6 Å². The number of aliphatic hydroxyl groups excluding tert-OH is 3. The van der Waals surface area contributed by atoms with Crippen molar-refractivity contribution in [3.8, 4) is 0 Å². The van der Waals surface area contributed by atoms with E-state index in [1.54, 1.807) is 6.92 Å². The second kappa shape index (κ2) is 5.76. The molecule has 7 nitrogen and oxygen atoms in total. The summed E-state index contributed by atoms with van der Waals surface area (Å²) in [6.45, 7) is 1.59. The molecule has 1 fully saturated rings. The number of carbonyl (C=O) groups is 1. The van der Waals surface area contributed by atoms with Crippen molar-refractivity contribution in [3.63, 3.8) is 0 Å². The second-order valence-corrected chi connectivity index (χ2v) is 4.76. The number of aliphatic hydroxyl groups is 3. The molecule has 0 amide bonds. The number of carboxylic acids is 1. The average Bonchev–Trinajstić information content (AvgIpc) is 2.43. The highest BCUT2D eigenvalue weighted by Crippen LogP contribution is 2.22. The molecule has 110 valence electrons. The van der Waals surface area contributed by atoms with Gasteiger partial charge in [-0.05, 0) is 31.2 Å². The van der Waals surface area contributed by atoms with Crippen LogP contribution in [-0.4, -0.2) is 57.0 Å². The third-order valence-corrected chi connectivity index (χ3v) is 3.29. The lowest BCUT2D eigenvalue weighted by Gasteiger charge is -2.39. The highest BCUT2D eigenvalue weighted by atomic mass is 16.5. The lowest BCUT2D eigenvalue weighted by Crippen LogP contribution is -2.58. The minimum Gasteiger partial charge on any atom is -0.478 e. The molecule has 1 aliphatic heterocycles. The Kier molecular flexibility index (Phi) is 4.24. The van der Waals surface area contributed by atoms with Crippen LogP contribution in [0.5, 0.6) is 0 Å². The minimum atomic E-state index is -1.31. The summed E-state index contributed by atoms with van der Waals surface area (Å²) in [6, 6.07) is 5.88. The molecule has 0 aromatic heterocycles. The van der Waals surface area contributed by atoms with Crippen LogP contribution in [0, 0.1) is 0 Å². The van der Waals surface area contributed by atoms with E-state index in [1.165, 1.54) is 24.3 Å². The van der Waals surface area contributed by atoms with Gasteiger partial charge in [0, 0.05) is 5.69 Å². The summed E-state index contributed by atoms with van der Waals surface area (Å²) in [5.74, 6) is -1.03. The van der Waals surface area contributed by atoms with Crippen molar-refractivity contribution in [1.29, 1.82) is 0 Å². The Morgan fingerprint density at radius 3 is 2.25 bits per heavy atom. The number of benzene rings is 1. The molecular formula is C13H17NO6. The maximum atomic E-state index is 10.7. The molecular weight excluding hydrogens is 266 g/mol. The molecule has 0 spiro atoms. The number of aromatic carboxylic acids is 1. The Balaban J connectivity index is 2.07. The molecule has 0 aliphatic carbocycles. The van der Waals surface area contributed by atoms with Crippen LogP contribution in [0.4, 0.5) is 5.69 Å². The fraction of sp³-hybridized carbons (Fsp3) is 0.462. The zero-order valence-corrected chi connectivity index (χ0v) is 10.8. The molecule has 1 saturated heterocycles. The molecule has 0 unspecified atom stereocenters. The number of hydrogen-bond donors (Lipinski definition) is 5. The van der Waals surface area contributed by atoms with Crippen LogP contribution >= 0.6 is 0 Å². The number of carboxylic acid groups (broad SMARTS) is 1. The maximum absolute atomic E-state index is 10.7. The van der Waals surface area contributed by atoms with E-state index in [9.17, 15) is 20.1 Å². The van der Waals surface area contributed by atoms with Gasteiger partial charge < -0.3 is 30.5 Å². The van der Waals surface area contributed by atoms with Gasteiger partial charge in [-0.2, -0.15) is 0 Å². The smallest absolute Gasteiger partial charge is 0.335 e. The zero-order valence-electron chi connectivity index (χ0n) is 10.8. The normalized spacial score (nSPS) is 33.7. The van der Waals surface area contributed by atoms with Gasteiger partial charge in [0.2, 0.25) is 0 Å². The summed E-state index contributed by atoms with van der Waals surface area (Å²) in [5, 5.41) is 40.7. The maximum Gasteiger partial charge on any atom is 0.335 e. The first-order valence-electron chi connectivity index (χ1n) is 6.19. The number of nitrogens with one attached hydrogen (secondary N) is 1. The van der Waals surface area contributed by atoms with Crippen LogP contribution in [0.15, 0.2) is 24.3 Å². The number of rotatable bonds is 3. The molecule has 5 N–H and O–H groups in total. The van der Waals surface area contributed by atoms with Crippen LogP contribution in [0.25, 0.3) is 0 Å². The first kappa shape index (κ1) is 14.7. The predicted octanol–water partition coefficient (Wildman–Crippen LogP) is -0.376. The third-order valence-electron chi connectivity index (χ3n) is 3.29. The van der Waals surface area contributed by atoms with Gasteiger partial charge in [-0.3, -0.25) is 0 Å². The zero-order chi connectivity index (χ0) is 14.9. The van der Waals surface area contributed by atoms with Gasteiger partial charge in [0.25, 0.3) is 0 Å². The van der Waals surface area contributed by atoms with E-state index in [4.69, 9.17) is 9.84 Å². The van der Waals surface area contributed by atoms with Crippen molar-refractivity contribution in [2.75, 3.05) is 5.32 Å². The van der Waals surface area contributed by atoms with Crippen molar-refractivity contribution >= 4 is 11.7 Å². The molecule has 5 atom stereocenters. The highest BCUT2D eigenvalue weighted by Gasteiger charge is 2.41. The van der Waals surface area contributed by atoms with Crippen molar-refractivity contribution < 1.29 is 30.0 Å². The van der Waals surface area contributed by atoms with E-state index in [-0.39, 0.29) is 5.56 Å². The summed E-state index contributed by atoms with van der Waals surface area (Å²) in [4.78, 5) is 10.7. The Morgan fingerprint density at radius 2 is 1.70 bits per heavy atom. The van der Waals surface area contributed by atoms with Gasteiger partial charge in [-0.1, -0.05) is 0 Å². The molecule has 0 radical (unpaired) electrons. The molecule has 1 aliphatic rings. The first-order valence-corrected chi connectivity index (χ1v) is 6.19. The standard InChI is InChI=1S/C13H17NO6/c1-6-9(15)10(16)11(17)12(20-6)14-8-4-2-7(3-5-8)13(18)19/h2-6,9-12,14-17H,1H3,(H,18,19)/t6-,9+,10-,11-,12+/m0/s1. The van der Waals surface area contributed by atoms with Crippen LogP contribution in [0.1, 0.15) is 17.3 Å². The highest BCUT2D eigenvalue weighted by molar-refractivity contribution is 5.87. The Hall–Kier alpha value is -1.67. The fourth-order valence-electron chi connectivity index (χ4n) is 2.04. The van der Waals surface area contributed by atoms with E-state index in [1.807, 2.05) is 0 Å². The molecule has 20 heavy (non-hydrogen) atoms. The summed E-state index contributed by atoms with van der Waals surface area (Å²) < 4.78 is 5.38. The Bertz CT molecular complexity index is 476. The van der Waals surface area contributed by atoms with Crippen molar-refractivity contribution in [1.82, 2.24) is 0 Å². The first-order chi connectivity index (χ1) is 9.40. The number of anilines is 1. The SMILES string of the molecule is C[C@@H]1O[C@@H](Nc2ccc(C(=O)O)cc2)[C@@H](O)[C@@H](O)[C@@H]1O. The van der Waals surface area contributed by atoms with E-state index in [0.29, 0.717) is 5.69 Å². The molecule has 0 bridgehead atoms. The predicted molar refractivity (Wildman–Crippen MR) is 69.4 cm³/mol. The van der Waals surface area contributed by atoms with Crippen molar-refractivity contribution in [2.24, 2.45) is 0 Å². The average molecular weight is 283 g/mol. The molecule has 1 aromatic carbocycles. The van der Waals surface area contributed by atoms with Gasteiger partial charge in [0.15, 0.2) is 6.23 Å². The quantitative estimate of drug-likeness (QED) is 0.513. The summed E-state index contributed by atoms with van der Waals surface area (Å²) >= 11 is 0. The Morgan fingerprint density at radius 1 is 1.10 bits per heavy atom. The van der Waals surface area contributed by atoms with Crippen LogP contribution in [0.2, 0.25) is 0 Å². The summed E-state index contributed by atoms with van der Waals surface area (Å²) in [7, 11) is 0. The van der Waals surface area contributed by atoms with E-state index < -0.39 is 36.6 Å². The van der Waals surface area contributed by atoms with Crippen LogP contribution in [0.3, 0.4) is 0 Å². The molecule has 1 aromatic rings. The van der Waals surface area contributed by atoms with E-state index in [2.05, 4.69) is 5.32 Å². The number of hydrogen-bond acceptors (Lipinski definition) is 6. The van der Waals surface area contributed by atoms with Gasteiger partial charge >= 0.3 is 5.97 Å². The molecule has 0 saturated carbocycles. The monoisotopic (exact) mass is 283 g/mol. The van der Waals surface area contributed by atoms with Gasteiger partial charge in [-0.25, -0.2) is 4.79 Å². The molecule has 7 heteroatoms. The molecule has 2 rings (SSSR count). The lowest BCUT2D eigenvalue weighted by molar-refractivity contribution is -0.209. The van der Waals surface area contributed by atoms with Crippen molar-refractivity contribution in [3.05, 3.63) is 29.8 Å².